The van der Waals surface area contributed by atoms with Crippen molar-refractivity contribution in [3.63, 3.8) is 0 Å². The van der Waals surface area contributed by atoms with Gasteiger partial charge in [-0.15, -0.1) is 11.3 Å². The van der Waals surface area contributed by atoms with Crippen molar-refractivity contribution >= 4 is 44.6 Å². The summed E-state index contributed by atoms with van der Waals surface area (Å²) in [7, 11) is -3.07. The molecule has 0 saturated carbocycles. The Morgan fingerprint density at radius 2 is 1.76 bits per heavy atom. The molecular formula is C26H20N4O5S2. The van der Waals surface area contributed by atoms with Gasteiger partial charge < -0.3 is 10.5 Å². The first-order chi connectivity index (χ1) is 17.8. The predicted octanol–water partition coefficient (Wildman–Crippen LogP) is 1.21. The van der Waals surface area contributed by atoms with Crippen LogP contribution in [0.5, 0.6) is 0 Å². The third-order valence-electron chi connectivity index (χ3n) is 5.85. The molecule has 4 heterocycles. The minimum atomic E-state index is -4.27. The van der Waals surface area contributed by atoms with E-state index in [0.717, 1.165) is 15.9 Å². The molecule has 0 bridgehead atoms. The summed E-state index contributed by atoms with van der Waals surface area (Å²) in [6.45, 7) is 0. The van der Waals surface area contributed by atoms with Crippen LogP contribution in [-0.2, 0) is 19.4 Å². The van der Waals surface area contributed by atoms with E-state index >= 15 is 0 Å². The Bertz CT molecular complexity index is 1810. The van der Waals surface area contributed by atoms with Gasteiger partial charge in [-0.1, -0.05) is 30.3 Å². The van der Waals surface area contributed by atoms with E-state index in [1.54, 1.807) is 60.9 Å². The van der Waals surface area contributed by atoms with Crippen molar-refractivity contribution in [3.05, 3.63) is 115 Å². The van der Waals surface area contributed by atoms with Crippen LogP contribution in [0.25, 0.3) is 17.5 Å². The van der Waals surface area contributed by atoms with Gasteiger partial charge in [0, 0.05) is 24.8 Å². The number of nitrogens with two attached hydrogens (primary N) is 1. The summed E-state index contributed by atoms with van der Waals surface area (Å²) < 4.78 is 34.6. The summed E-state index contributed by atoms with van der Waals surface area (Å²) >= 11 is 1.02. The monoisotopic (exact) mass is 532 g/mol. The van der Waals surface area contributed by atoms with Gasteiger partial charge in [0.15, 0.2) is 0 Å². The highest BCUT2D eigenvalue weighted by molar-refractivity contribution is 7.95. The second-order valence-electron chi connectivity index (χ2n) is 8.03. The van der Waals surface area contributed by atoms with Gasteiger partial charge in [0.2, 0.25) is 9.84 Å². The second-order valence-corrected chi connectivity index (χ2v) is 11.0. The fourth-order valence-electron chi connectivity index (χ4n) is 4.21. The van der Waals surface area contributed by atoms with E-state index in [-0.39, 0.29) is 30.4 Å². The number of esters is 1. The lowest BCUT2D eigenvalue weighted by atomic mass is 9.90. The normalized spacial score (nSPS) is 16.0. The largest absolute Gasteiger partial charge is 0.466 e. The van der Waals surface area contributed by atoms with Gasteiger partial charge in [-0.25, -0.2) is 13.2 Å². The number of sulfone groups is 1. The van der Waals surface area contributed by atoms with E-state index in [0.29, 0.717) is 11.1 Å². The number of ether oxygens (including phenoxy) is 1. The molecule has 186 valence electrons. The maximum atomic E-state index is 14.0. The summed E-state index contributed by atoms with van der Waals surface area (Å²) in [5.74, 6) is -2.23. The van der Waals surface area contributed by atoms with Crippen LogP contribution in [0.4, 0.5) is 0 Å². The van der Waals surface area contributed by atoms with Gasteiger partial charge >= 0.3 is 5.97 Å². The molecule has 0 fully saturated rings. The number of rotatable bonds is 5. The molecule has 37 heavy (non-hydrogen) atoms. The Morgan fingerprint density at radius 1 is 1.05 bits per heavy atom. The van der Waals surface area contributed by atoms with Gasteiger partial charge in [-0.05, 0) is 41.5 Å². The minimum Gasteiger partial charge on any atom is -0.466 e. The zero-order valence-electron chi connectivity index (χ0n) is 19.4. The van der Waals surface area contributed by atoms with Crippen LogP contribution >= 0.6 is 11.3 Å². The molecule has 0 spiro atoms. The van der Waals surface area contributed by atoms with Crippen molar-refractivity contribution in [1.29, 1.82) is 0 Å². The SMILES string of the molecule is COC(=O)C1=c2s/c(=C/c3cccnc3)c(=O)n2C(N)=C(S(=O)(=O)c2ccccc2)C1c1cccnc1. The number of aromatic nitrogens is 3. The molecular weight excluding hydrogens is 512 g/mol. The first-order valence-electron chi connectivity index (χ1n) is 11.0. The minimum absolute atomic E-state index is 0.0212. The zero-order chi connectivity index (χ0) is 26.2. The average molecular weight is 533 g/mol. The zero-order valence-corrected chi connectivity index (χ0v) is 21.1. The summed E-state index contributed by atoms with van der Waals surface area (Å²) in [5.41, 5.74) is 6.99. The fourth-order valence-corrected chi connectivity index (χ4v) is 7.07. The highest BCUT2D eigenvalue weighted by Crippen LogP contribution is 2.41. The second kappa shape index (κ2) is 9.60. The lowest BCUT2D eigenvalue weighted by molar-refractivity contribution is -0.134. The van der Waals surface area contributed by atoms with E-state index in [1.165, 1.54) is 31.6 Å². The maximum Gasteiger partial charge on any atom is 0.337 e. The average Bonchev–Trinajstić information content (AvgIpc) is 3.25. The Labute approximate surface area is 215 Å². The lowest BCUT2D eigenvalue weighted by Crippen LogP contribution is -2.41. The topological polar surface area (TPSA) is 134 Å². The van der Waals surface area contributed by atoms with E-state index in [2.05, 4.69) is 9.97 Å². The van der Waals surface area contributed by atoms with Crippen molar-refractivity contribution in [1.82, 2.24) is 14.5 Å². The highest BCUT2D eigenvalue weighted by atomic mass is 32.2. The lowest BCUT2D eigenvalue weighted by Gasteiger charge is -2.27. The maximum absolute atomic E-state index is 14.0. The first-order valence-corrected chi connectivity index (χ1v) is 13.3. The van der Waals surface area contributed by atoms with E-state index in [9.17, 15) is 18.0 Å². The molecule has 2 N–H and O–H groups in total. The predicted molar refractivity (Wildman–Crippen MR) is 139 cm³/mol. The summed E-state index contributed by atoms with van der Waals surface area (Å²) in [6.07, 6.45) is 7.79. The van der Waals surface area contributed by atoms with E-state index in [4.69, 9.17) is 10.5 Å². The number of carbonyl (C=O) groups is 1. The van der Waals surface area contributed by atoms with Gasteiger partial charge in [-0.2, -0.15) is 0 Å². The van der Waals surface area contributed by atoms with E-state index in [1.807, 2.05) is 0 Å². The van der Waals surface area contributed by atoms with Crippen molar-refractivity contribution in [3.8, 4) is 0 Å². The molecule has 0 radical (unpaired) electrons. The van der Waals surface area contributed by atoms with Crippen LogP contribution in [0.15, 0.2) is 94.0 Å². The molecule has 1 aromatic carbocycles. The van der Waals surface area contributed by atoms with Crippen molar-refractivity contribution in [2.75, 3.05) is 7.11 Å². The number of hydrogen-bond acceptors (Lipinski definition) is 9. The molecule has 0 saturated heterocycles. The first kappa shape index (κ1) is 24.3. The van der Waals surface area contributed by atoms with Gasteiger partial charge in [-0.3, -0.25) is 19.3 Å². The standard InChI is InChI=1S/C26H20N4O5S2/c1-35-26(32)21-20(17-8-6-12-29-15-17)22(37(33,34)18-9-3-2-4-10-18)23(27)30-24(31)19(36-25(21)30)13-16-7-5-11-28-14-16/h2-15,20H,27H2,1H3/b19-13+. The molecule has 1 aliphatic heterocycles. The number of fused-ring (bicyclic) bond motifs is 1. The van der Waals surface area contributed by atoms with E-state index < -0.39 is 27.3 Å². The van der Waals surface area contributed by atoms with Crippen molar-refractivity contribution < 1.29 is 17.9 Å². The molecule has 1 aliphatic rings. The fraction of sp³-hybridized carbons (Fsp3) is 0.0769. The van der Waals surface area contributed by atoms with Gasteiger partial charge in [0.25, 0.3) is 5.56 Å². The molecule has 1 unspecified atom stereocenters. The number of thiazole rings is 1. The van der Waals surface area contributed by atoms with Crippen LogP contribution in [0.3, 0.4) is 0 Å². The molecule has 4 aromatic rings. The molecule has 11 heteroatoms. The number of carbonyl (C=O) groups excluding carboxylic acids is 1. The number of hydrogen-bond donors (Lipinski definition) is 1. The third-order valence-corrected chi connectivity index (χ3v) is 8.87. The summed E-state index contributed by atoms with van der Waals surface area (Å²) in [5, 5.41) is 0. The van der Waals surface area contributed by atoms with Crippen LogP contribution < -0.4 is 20.5 Å². The van der Waals surface area contributed by atoms with Crippen molar-refractivity contribution in [2.45, 2.75) is 10.8 Å². The van der Waals surface area contributed by atoms with Crippen LogP contribution in [0.2, 0.25) is 0 Å². The summed E-state index contributed by atoms with van der Waals surface area (Å²) in [4.78, 5) is 34.7. The highest BCUT2D eigenvalue weighted by Gasteiger charge is 2.42. The van der Waals surface area contributed by atoms with Crippen LogP contribution in [0.1, 0.15) is 17.0 Å². The Kier molecular flexibility index (Phi) is 6.32. The third kappa shape index (κ3) is 4.17. The molecule has 9 nitrogen and oxygen atoms in total. The Hall–Kier alpha value is -4.35. The Balaban J connectivity index is 1.93. The number of benzene rings is 1. The molecule has 0 aliphatic carbocycles. The van der Waals surface area contributed by atoms with Gasteiger partial charge in [0.05, 0.1) is 28.0 Å². The van der Waals surface area contributed by atoms with Crippen LogP contribution in [-0.4, -0.2) is 36.0 Å². The smallest absolute Gasteiger partial charge is 0.337 e. The number of nitrogens with zero attached hydrogens (tertiary/aromatic N) is 3. The molecule has 1 atom stereocenters. The van der Waals surface area contributed by atoms with Crippen LogP contribution in [0, 0.1) is 0 Å². The molecule has 0 amide bonds. The van der Waals surface area contributed by atoms with Gasteiger partial charge in [0.1, 0.15) is 15.4 Å². The number of methoxy groups -OCH3 is 1. The Morgan fingerprint density at radius 3 is 2.38 bits per heavy atom. The molecule has 5 rings (SSSR count). The number of pyridine rings is 2. The van der Waals surface area contributed by atoms with Crippen molar-refractivity contribution in [2.24, 2.45) is 5.73 Å². The quantitative estimate of drug-likeness (QED) is 0.379. The number of allylic oxidation sites excluding steroid dienone is 1. The summed E-state index contributed by atoms with van der Waals surface area (Å²) in [6, 6.07) is 14.5. The molecule has 3 aromatic heterocycles.